The maximum Gasteiger partial charge on any atom is 0.264 e. The van der Waals surface area contributed by atoms with Crippen molar-refractivity contribution in [2.45, 2.75) is 26.9 Å². The molecular formula is C24H22N4O3. The highest BCUT2D eigenvalue weighted by Crippen LogP contribution is 2.22. The minimum Gasteiger partial charge on any atom is -0.350 e. The third-order valence-electron chi connectivity index (χ3n) is 5.01. The summed E-state index contributed by atoms with van der Waals surface area (Å²) in [7, 11) is 0. The van der Waals surface area contributed by atoms with Gasteiger partial charge in [-0.1, -0.05) is 65.8 Å². The van der Waals surface area contributed by atoms with E-state index in [0.29, 0.717) is 29.2 Å². The number of benzene rings is 2. The average Bonchev–Trinajstić information content (AvgIpc) is 3.26. The second-order valence-electron chi connectivity index (χ2n) is 7.29. The van der Waals surface area contributed by atoms with E-state index in [1.165, 1.54) is 4.57 Å². The zero-order valence-electron chi connectivity index (χ0n) is 17.3. The second kappa shape index (κ2) is 8.79. The fourth-order valence-electron chi connectivity index (χ4n) is 3.41. The van der Waals surface area contributed by atoms with Crippen LogP contribution in [0.1, 0.15) is 16.8 Å². The lowest BCUT2D eigenvalue weighted by Crippen LogP contribution is -2.34. The van der Waals surface area contributed by atoms with Gasteiger partial charge in [0, 0.05) is 17.8 Å². The first kappa shape index (κ1) is 20.3. The standard InChI is InChI=1S/C24H22N4O3/c1-16-13-17(2)28(15-20(29)25-14-18-9-5-3-6-10-18)24(30)21(16)23-26-22(27-31-23)19-11-7-4-8-12-19/h3-13H,14-15H2,1-2H3,(H,25,29). The van der Waals surface area contributed by atoms with Gasteiger partial charge in [0.15, 0.2) is 0 Å². The summed E-state index contributed by atoms with van der Waals surface area (Å²) in [6.07, 6.45) is 0. The smallest absolute Gasteiger partial charge is 0.264 e. The van der Waals surface area contributed by atoms with Crippen molar-refractivity contribution in [1.29, 1.82) is 0 Å². The van der Waals surface area contributed by atoms with Crippen LogP contribution in [0.4, 0.5) is 0 Å². The summed E-state index contributed by atoms with van der Waals surface area (Å²) in [6.45, 7) is 3.92. The van der Waals surface area contributed by atoms with Crippen molar-refractivity contribution in [2.75, 3.05) is 0 Å². The van der Waals surface area contributed by atoms with E-state index < -0.39 is 0 Å². The molecule has 0 fully saturated rings. The number of hydrogen-bond acceptors (Lipinski definition) is 5. The molecule has 156 valence electrons. The lowest BCUT2D eigenvalue weighted by atomic mass is 10.1. The normalized spacial score (nSPS) is 10.8. The van der Waals surface area contributed by atoms with E-state index in [9.17, 15) is 9.59 Å². The molecule has 0 aliphatic carbocycles. The quantitative estimate of drug-likeness (QED) is 0.522. The van der Waals surface area contributed by atoms with Crippen molar-refractivity contribution >= 4 is 5.91 Å². The zero-order valence-corrected chi connectivity index (χ0v) is 17.3. The topological polar surface area (TPSA) is 90.0 Å². The molecule has 4 aromatic rings. The van der Waals surface area contributed by atoms with Gasteiger partial charge in [-0.3, -0.25) is 9.59 Å². The Balaban J connectivity index is 1.59. The summed E-state index contributed by atoms with van der Waals surface area (Å²) in [5.41, 5.74) is 3.15. The van der Waals surface area contributed by atoms with Crippen molar-refractivity contribution in [1.82, 2.24) is 20.0 Å². The monoisotopic (exact) mass is 414 g/mol. The molecule has 0 saturated heterocycles. The lowest BCUT2D eigenvalue weighted by molar-refractivity contribution is -0.121. The Labute approximate surface area is 179 Å². The van der Waals surface area contributed by atoms with Gasteiger partial charge in [-0.15, -0.1) is 0 Å². The third-order valence-corrected chi connectivity index (χ3v) is 5.01. The molecule has 1 N–H and O–H groups in total. The molecule has 2 heterocycles. The van der Waals surface area contributed by atoms with E-state index in [-0.39, 0.29) is 23.9 Å². The van der Waals surface area contributed by atoms with Crippen molar-refractivity contribution in [3.8, 4) is 22.8 Å². The molecule has 0 aliphatic heterocycles. The van der Waals surface area contributed by atoms with E-state index in [0.717, 1.165) is 11.1 Å². The predicted molar refractivity (Wildman–Crippen MR) is 117 cm³/mol. The Morgan fingerprint density at radius 1 is 1.03 bits per heavy atom. The van der Waals surface area contributed by atoms with Crippen LogP contribution >= 0.6 is 0 Å². The highest BCUT2D eigenvalue weighted by molar-refractivity contribution is 5.76. The van der Waals surface area contributed by atoms with Gasteiger partial charge in [-0.2, -0.15) is 4.98 Å². The molecule has 0 atom stereocenters. The molecule has 0 radical (unpaired) electrons. The molecule has 0 bridgehead atoms. The molecule has 2 aromatic heterocycles. The van der Waals surface area contributed by atoms with Gasteiger partial charge in [0.2, 0.25) is 11.7 Å². The second-order valence-corrected chi connectivity index (χ2v) is 7.29. The lowest BCUT2D eigenvalue weighted by Gasteiger charge is -2.13. The number of pyridine rings is 1. The number of aromatic nitrogens is 3. The minimum absolute atomic E-state index is 0.0928. The van der Waals surface area contributed by atoms with Gasteiger partial charge in [-0.25, -0.2) is 0 Å². The fraction of sp³-hybridized carbons (Fsp3) is 0.167. The summed E-state index contributed by atoms with van der Waals surface area (Å²) in [6, 6.07) is 20.8. The molecule has 0 saturated carbocycles. The molecule has 7 nitrogen and oxygen atoms in total. The van der Waals surface area contributed by atoms with Crippen LogP contribution in [0, 0.1) is 13.8 Å². The Morgan fingerprint density at radius 2 is 1.71 bits per heavy atom. The summed E-state index contributed by atoms with van der Waals surface area (Å²) in [5.74, 6) is 0.293. The molecule has 0 spiro atoms. The number of nitrogens with one attached hydrogen (secondary N) is 1. The fourth-order valence-corrected chi connectivity index (χ4v) is 3.41. The van der Waals surface area contributed by atoms with Crippen LogP contribution in [-0.2, 0) is 17.9 Å². The molecule has 2 aromatic carbocycles. The SMILES string of the molecule is Cc1cc(C)n(CC(=O)NCc2ccccc2)c(=O)c1-c1nc(-c2ccccc2)no1. The minimum atomic E-state index is -0.337. The first-order valence-electron chi connectivity index (χ1n) is 9.94. The van der Waals surface area contributed by atoms with Crippen molar-refractivity contribution < 1.29 is 9.32 Å². The van der Waals surface area contributed by atoms with E-state index >= 15 is 0 Å². The number of aryl methyl sites for hydroxylation is 2. The van der Waals surface area contributed by atoms with Crippen LogP contribution < -0.4 is 10.9 Å². The van der Waals surface area contributed by atoms with Gasteiger partial charge in [0.1, 0.15) is 12.1 Å². The maximum absolute atomic E-state index is 13.2. The van der Waals surface area contributed by atoms with Gasteiger partial charge < -0.3 is 14.4 Å². The molecule has 0 unspecified atom stereocenters. The highest BCUT2D eigenvalue weighted by Gasteiger charge is 2.20. The van der Waals surface area contributed by atoms with Crippen LogP contribution in [0.15, 0.2) is 76.0 Å². The van der Waals surface area contributed by atoms with Crippen LogP contribution in [0.5, 0.6) is 0 Å². The van der Waals surface area contributed by atoms with Crippen molar-refractivity contribution in [3.63, 3.8) is 0 Å². The predicted octanol–water partition coefficient (Wildman–Crippen LogP) is 3.50. The van der Waals surface area contributed by atoms with Crippen molar-refractivity contribution in [3.05, 3.63) is 93.9 Å². The Kier molecular flexibility index (Phi) is 5.75. The highest BCUT2D eigenvalue weighted by atomic mass is 16.5. The third kappa shape index (κ3) is 4.45. The van der Waals surface area contributed by atoms with Gasteiger partial charge >= 0.3 is 0 Å². The summed E-state index contributed by atoms with van der Waals surface area (Å²) in [4.78, 5) is 30.1. The molecule has 7 heteroatoms. The molecule has 31 heavy (non-hydrogen) atoms. The molecule has 4 rings (SSSR count). The van der Waals surface area contributed by atoms with Crippen molar-refractivity contribution in [2.24, 2.45) is 0 Å². The number of amides is 1. The number of carbonyl (C=O) groups is 1. The number of hydrogen-bond donors (Lipinski definition) is 1. The number of carbonyl (C=O) groups excluding carboxylic acids is 1. The van der Waals surface area contributed by atoms with E-state index in [1.807, 2.05) is 73.7 Å². The Bertz CT molecular complexity index is 1260. The van der Waals surface area contributed by atoms with Crippen LogP contribution in [0.3, 0.4) is 0 Å². The van der Waals surface area contributed by atoms with E-state index in [2.05, 4.69) is 15.5 Å². The van der Waals surface area contributed by atoms with Gasteiger partial charge in [0.05, 0.1) is 0 Å². The van der Waals surface area contributed by atoms with Gasteiger partial charge in [-0.05, 0) is 31.0 Å². The molecular weight excluding hydrogens is 392 g/mol. The van der Waals surface area contributed by atoms with Crippen LogP contribution in [0.2, 0.25) is 0 Å². The number of rotatable bonds is 6. The molecule has 0 aliphatic rings. The maximum atomic E-state index is 13.2. The Morgan fingerprint density at radius 3 is 2.42 bits per heavy atom. The average molecular weight is 414 g/mol. The first-order chi connectivity index (χ1) is 15.0. The molecule has 1 amide bonds. The summed E-state index contributed by atoms with van der Waals surface area (Å²) < 4.78 is 6.82. The van der Waals surface area contributed by atoms with E-state index in [4.69, 9.17) is 4.52 Å². The van der Waals surface area contributed by atoms with Crippen LogP contribution in [-0.4, -0.2) is 20.6 Å². The van der Waals surface area contributed by atoms with Crippen LogP contribution in [0.25, 0.3) is 22.8 Å². The van der Waals surface area contributed by atoms with E-state index in [1.54, 1.807) is 6.92 Å². The summed E-state index contributed by atoms with van der Waals surface area (Å²) in [5, 5.41) is 6.86. The number of nitrogens with zero attached hydrogens (tertiary/aromatic N) is 3. The van der Waals surface area contributed by atoms with Gasteiger partial charge in [0.25, 0.3) is 11.4 Å². The zero-order chi connectivity index (χ0) is 21.8. The largest absolute Gasteiger partial charge is 0.350 e. The summed E-state index contributed by atoms with van der Waals surface area (Å²) >= 11 is 0. The Hall–Kier alpha value is -4.00. The first-order valence-corrected chi connectivity index (χ1v) is 9.94.